The summed E-state index contributed by atoms with van der Waals surface area (Å²) in [6, 6.07) is 0.413. The zero-order valence-corrected chi connectivity index (χ0v) is 9.56. The molecule has 5 heteroatoms. The molecule has 2 rings (SSSR count). The van der Waals surface area contributed by atoms with Crippen molar-refractivity contribution in [2.24, 2.45) is 0 Å². The topological polar surface area (TPSA) is 49.8 Å². The summed E-state index contributed by atoms with van der Waals surface area (Å²) in [6.45, 7) is 2.38. The van der Waals surface area contributed by atoms with E-state index >= 15 is 0 Å². The van der Waals surface area contributed by atoms with Crippen LogP contribution in [0.4, 0.5) is 0 Å². The molecule has 0 aliphatic heterocycles. The summed E-state index contributed by atoms with van der Waals surface area (Å²) >= 11 is 5.11. The normalized spacial score (nSPS) is 15.3. The molecular formula is C10H15N3OS. The lowest BCUT2D eigenvalue weighted by atomic mass is 10.3. The monoisotopic (exact) mass is 225 g/mol. The van der Waals surface area contributed by atoms with Crippen LogP contribution in [0.1, 0.15) is 25.5 Å². The fourth-order valence-electron chi connectivity index (χ4n) is 1.54. The average molecular weight is 225 g/mol. The number of imidazole rings is 1. The standard InChI is InChI=1S/C10H15N3OS/c1-2-8-5-11-10(15)13(8)6-9(14)12-7-3-4-7/h5,7H,2-4,6H2,1H3,(H,11,15)(H,12,14). The second-order valence-electron chi connectivity index (χ2n) is 3.87. The van der Waals surface area contributed by atoms with Crippen LogP contribution in [0, 0.1) is 4.77 Å². The maximum Gasteiger partial charge on any atom is 0.240 e. The van der Waals surface area contributed by atoms with Gasteiger partial charge in [0.05, 0.1) is 0 Å². The molecule has 0 atom stereocenters. The van der Waals surface area contributed by atoms with Gasteiger partial charge in [-0.3, -0.25) is 4.79 Å². The number of amides is 1. The van der Waals surface area contributed by atoms with Crippen LogP contribution in [-0.4, -0.2) is 21.5 Å². The highest BCUT2D eigenvalue weighted by atomic mass is 32.1. The molecule has 0 spiro atoms. The van der Waals surface area contributed by atoms with Gasteiger partial charge in [-0.15, -0.1) is 0 Å². The smallest absolute Gasteiger partial charge is 0.240 e. The Hall–Kier alpha value is -1.10. The van der Waals surface area contributed by atoms with Crippen LogP contribution >= 0.6 is 12.2 Å². The molecule has 0 unspecified atom stereocenters. The number of nitrogens with one attached hydrogen (secondary N) is 2. The molecule has 4 nitrogen and oxygen atoms in total. The first-order chi connectivity index (χ1) is 7.20. The molecule has 2 N–H and O–H groups in total. The van der Waals surface area contributed by atoms with Crippen molar-refractivity contribution in [2.75, 3.05) is 0 Å². The van der Waals surface area contributed by atoms with Crippen LogP contribution in [0.2, 0.25) is 0 Å². The third kappa shape index (κ3) is 2.47. The van der Waals surface area contributed by atoms with Crippen molar-refractivity contribution in [1.29, 1.82) is 0 Å². The van der Waals surface area contributed by atoms with Crippen LogP contribution in [0.25, 0.3) is 0 Å². The minimum Gasteiger partial charge on any atom is -0.352 e. The molecule has 0 aromatic carbocycles. The zero-order valence-electron chi connectivity index (χ0n) is 8.75. The van der Waals surface area contributed by atoms with Crippen LogP contribution in [-0.2, 0) is 17.8 Å². The third-order valence-electron chi connectivity index (χ3n) is 2.56. The van der Waals surface area contributed by atoms with Gasteiger partial charge >= 0.3 is 0 Å². The minimum atomic E-state index is 0.0582. The Morgan fingerprint density at radius 3 is 3.07 bits per heavy atom. The second-order valence-corrected chi connectivity index (χ2v) is 4.25. The molecular weight excluding hydrogens is 210 g/mol. The van der Waals surface area contributed by atoms with E-state index < -0.39 is 0 Å². The molecule has 1 fully saturated rings. The summed E-state index contributed by atoms with van der Waals surface area (Å²) in [5, 5.41) is 2.95. The van der Waals surface area contributed by atoms with Crippen molar-refractivity contribution in [1.82, 2.24) is 14.9 Å². The summed E-state index contributed by atoms with van der Waals surface area (Å²) in [5.74, 6) is 0.0582. The Morgan fingerprint density at radius 2 is 2.47 bits per heavy atom. The lowest BCUT2D eigenvalue weighted by Gasteiger charge is -2.06. The third-order valence-corrected chi connectivity index (χ3v) is 2.90. The van der Waals surface area contributed by atoms with Crippen molar-refractivity contribution in [3.63, 3.8) is 0 Å². The SMILES string of the molecule is CCc1c[nH]c(=S)n1CC(=O)NC1CC1. The van der Waals surface area contributed by atoms with Crippen molar-refractivity contribution in [2.45, 2.75) is 38.8 Å². The Kier molecular flexibility index (Phi) is 2.90. The highest BCUT2D eigenvalue weighted by molar-refractivity contribution is 7.71. The first-order valence-corrected chi connectivity index (χ1v) is 5.68. The molecule has 0 bridgehead atoms. The van der Waals surface area contributed by atoms with Gasteiger partial charge in [-0.25, -0.2) is 0 Å². The molecule has 1 amide bonds. The maximum atomic E-state index is 11.6. The number of aromatic amines is 1. The van der Waals surface area contributed by atoms with Gasteiger partial charge in [0.15, 0.2) is 4.77 Å². The Labute approximate surface area is 93.7 Å². The molecule has 82 valence electrons. The number of aromatic nitrogens is 2. The molecule has 1 aliphatic carbocycles. The quantitative estimate of drug-likeness (QED) is 0.761. The lowest BCUT2D eigenvalue weighted by Crippen LogP contribution is -2.29. The number of carbonyl (C=O) groups excluding carboxylic acids is 1. The van der Waals surface area contributed by atoms with E-state index in [1.165, 1.54) is 0 Å². The molecule has 1 heterocycles. The van der Waals surface area contributed by atoms with Gasteiger partial charge in [0.1, 0.15) is 6.54 Å². The number of carbonyl (C=O) groups is 1. The average Bonchev–Trinajstić information content (AvgIpc) is 2.94. The van der Waals surface area contributed by atoms with Crippen LogP contribution in [0.3, 0.4) is 0 Å². The van der Waals surface area contributed by atoms with E-state index in [2.05, 4.69) is 10.3 Å². The van der Waals surface area contributed by atoms with Gasteiger partial charge in [0.2, 0.25) is 5.91 Å². The van der Waals surface area contributed by atoms with Crippen molar-refractivity contribution in [3.05, 3.63) is 16.7 Å². The molecule has 1 aliphatic rings. The van der Waals surface area contributed by atoms with Crippen molar-refractivity contribution >= 4 is 18.1 Å². The Balaban J connectivity index is 2.04. The number of aryl methyl sites for hydroxylation is 1. The molecule has 0 radical (unpaired) electrons. The molecule has 15 heavy (non-hydrogen) atoms. The zero-order chi connectivity index (χ0) is 10.8. The van der Waals surface area contributed by atoms with Gasteiger partial charge < -0.3 is 14.9 Å². The number of rotatable bonds is 4. The van der Waals surface area contributed by atoms with E-state index in [0.717, 1.165) is 25.0 Å². The minimum absolute atomic E-state index is 0.0582. The lowest BCUT2D eigenvalue weighted by molar-refractivity contribution is -0.121. The highest BCUT2D eigenvalue weighted by Crippen LogP contribution is 2.18. The number of H-pyrrole nitrogens is 1. The van der Waals surface area contributed by atoms with Gasteiger partial charge in [-0.05, 0) is 31.5 Å². The second kappa shape index (κ2) is 4.18. The summed E-state index contributed by atoms with van der Waals surface area (Å²) in [7, 11) is 0. The van der Waals surface area contributed by atoms with Crippen LogP contribution < -0.4 is 5.32 Å². The maximum absolute atomic E-state index is 11.6. The van der Waals surface area contributed by atoms with Gasteiger partial charge in [-0.2, -0.15) is 0 Å². The molecule has 0 saturated heterocycles. The highest BCUT2D eigenvalue weighted by Gasteiger charge is 2.23. The number of hydrogen-bond acceptors (Lipinski definition) is 2. The van der Waals surface area contributed by atoms with Gasteiger partial charge in [-0.1, -0.05) is 6.92 Å². The van der Waals surface area contributed by atoms with Crippen molar-refractivity contribution < 1.29 is 4.79 Å². The summed E-state index contributed by atoms with van der Waals surface area (Å²) in [6.07, 6.45) is 4.98. The predicted molar refractivity (Wildman–Crippen MR) is 60.2 cm³/mol. The van der Waals surface area contributed by atoms with E-state index in [-0.39, 0.29) is 5.91 Å². The van der Waals surface area contributed by atoms with Gasteiger partial charge in [0.25, 0.3) is 0 Å². The molecule has 1 aromatic rings. The van der Waals surface area contributed by atoms with Crippen molar-refractivity contribution in [3.8, 4) is 0 Å². The first-order valence-electron chi connectivity index (χ1n) is 5.27. The molecule has 1 saturated carbocycles. The molecule has 1 aromatic heterocycles. The van der Waals surface area contributed by atoms with Gasteiger partial charge in [0, 0.05) is 17.9 Å². The van der Waals surface area contributed by atoms with Crippen LogP contribution in [0.15, 0.2) is 6.20 Å². The summed E-state index contributed by atoms with van der Waals surface area (Å²) in [5.41, 5.74) is 1.07. The Bertz CT molecular complexity index is 417. The van der Waals surface area contributed by atoms with E-state index in [4.69, 9.17) is 12.2 Å². The van der Waals surface area contributed by atoms with Crippen LogP contribution in [0.5, 0.6) is 0 Å². The number of hydrogen-bond donors (Lipinski definition) is 2. The largest absolute Gasteiger partial charge is 0.352 e. The van der Waals surface area contributed by atoms with E-state index in [1.54, 1.807) is 0 Å². The Morgan fingerprint density at radius 1 is 1.73 bits per heavy atom. The van der Waals surface area contributed by atoms with E-state index in [0.29, 0.717) is 17.4 Å². The summed E-state index contributed by atoms with van der Waals surface area (Å²) < 4.78 is 2.48. The first kappa shape index (κ1) is 10.4. The van der Waals surface area contributed by atoms with E-state index in [9.17, 15) is 4.79 Å². The fourth-order valence-corrected chi connectivity index (χ4v) is 1.78. The number of nitrogens with zero attached hydrogens (tertiary/aromatic N) is 1. The predicted octanol–water partition coefficient (Wildman–Crippen LogP) is 1.39. The fraction of sp³-hybridized carbons (Fsp3) is 0.600. The summed E-state index contributed by atoms with van der Waals surface area (Å²) in [4.78, 5) is 14.5. The van der Waals surface area contributed by atoms with E-state index in [1.807, 2.05) is 17.7 Å².